The van der Waals surface area contributed by atoms with Gasteiger partial charge in [-0.05, 0) is 61.4 Å². The molecule has 1 saturated heterocycles. The molecule has 45 heavy (non-hydrogen) atoms. The topological polar surface area (TPSA) is 131 Å². The van der Waals surface area contributed by atoms with E-state index in [2.05, 4.69) is 35.8 Å². The number of methoxy groups -OCH3 is 1. The number of halogens is 4. The monoisotopic (exact) mass is 629 g/mol. The van der Waals surface area contributed by atoms with E-state index >= 15 is 0 Å². The van der Waals surface area contributed by atoms with Gasteiger partial charge in [-0.2, -0.15) is 13.2 Å². The molecule has 3 heterocycles. The van der Waals surface area contributed by atoms with Crippen LogP contribution >= 0.6 is 0 Å². The zero-order valence-electron chi connectivity index (χ0n) is 24.2. The zero-order valence-corrected chi connectivity index (χ0v) is 24.2. The first-order valence-electron chi connectivity index (χ1n) is 14.6. The predicted octanol–water partition coefficient (Wildman–Crippen LogP) is 4.40. The fourth-order valence-electron chi connectivity index (χ4n) is 6.55. The van der Waals surface area contributed by atoms with Gasteiger partial charge in [0.05, 0.1) is 43.7 Å². The van der Waals surface area contributed by atoms with Crippen LogP contribution in [0.5, 0.6) is 5.88 Å². The maximum Gasteiger partial charge on any atom is 0.419 e. The van der Waals surface area contributed by atoms with Gasteiger partial charge in [0.2, 0.25) is 11.8 Å². The van der Waals surface area contributed by atoms with Crippen molar-refractivity contribution < 1.29 is 36.6 Å². The average Bonchev–Trinajstić information content (AvgIpc) is 3.64. The van der Waals surface area contributed by atoms with Crippen molar-refractivity contribution in [3.8, 4) is 5.88 Å². The van der Waals surface area contributed by atoms with Gasteiger partial charge < -0.3 is 30.3 Å². The van der Waals surface area contributed by atoms with Crippen LogP contribution in [-0.4, -0.2) is 66.2 Å². The maximum atomic E-state index is 13.8. The van der Waals surface area contributed by atoms with Crippen molar-refractivity contribution in [3.63, 3.8) is 0 Å². The lowest BCUT2D eigenvalue weighted by Gasteiger charge is -2.31. The van der Waals surface area contributed by atoms with Gasteiger partial charge in [0.1, 0.15) is 23.5 Å². The van der Waals surface area contributed by atoms with E-state index in [-0.39, 0.29) is 34.8 Å². The molecule has 4 atom stereocenters. The summed E-state index contributed by atoms with van der Waals surface area (Å²) in [5.41, 5.74) is -1.07. The van der Waals surface area contributed by atoms with Crippen LogP contribution < -0.4 is 25.6 Å². The van der Waals surface area contributed by atoms with Crippen LogP contribution in [0.1, 0.15) is 35.2 Å². The molecule has 238 valence electrons. The molecule has 2 amide bonds. The molecule has 2 aromatic heterocycles. The molecule has 0 unspecified atom stereocenters. The molecule has 15 heteroatoms. The molecule has 0 spiro atoms. The van der Waals surface area contributed by atoms with E-state index in [4.69, 9.17) is 9.47 Å². The summed E-state index contributed by atoms with van der Waals surface area (Å²) in [4.78, 5) is 42.2. The minimum atomic E-state index is -4.92. The number of fused-ring (bicyclic) bond motifs is 2. The molecule has 11 nitrogen and oxygen atoms in total. The lowest BCUT2D eigenvalue weighted by atomic mass is 9.83. The van der Waals surface area contributed by atoms with Crippen molar-refractivity contribution in [2.45, 2.75) is 31.5 Å². The summed E-state index contributed by atoms with van der Waals surface area (Å²) in [6, 6.07) is 5.37. The number of hydrogen-bond acceptors (Lipinski definition) is 9. The number of nitrogens with one attached hydrogen (secondary N) is 3. The highest BCUT2D eigenvalue weighted by molar-refractivity contribution is 6.02. The summed E-state index contributed by atoms with van der Waals surface area (Å²) < 4.78 is 64.3. The summed E-state index contributed by atoms with van der Waals surface area (Å²) in [5, 5.41) is 8.58. The van der Waals surface area contributed by atoms with Crippen molar-refractivity contribution in [1.29, 1.82) is 0 Å². The van der Waals surface area contributed by atoms with Crippen molar-refractivity contribution in [2.24, 2.45) is 17.8 Å². The smallest absolute Gasteiger partial charge is 0.419 e. The number of benzene rings is 1. The zero-order chi connectivity index (χ0) is 31.7. The highest BCUT2D eigenvalue weighted by atomic mass is 19.4. The van der Waals surface area contributed by atoms with Gasteiger partial charge in [-0.1, -0.05) is 0 Å². The number of pyridine rings is 1. The first-order chi connectivity index (χ1) is 21.6. The Hall–Kier alpha value is -4.53. The molecule has 3 N–H and O–H groups in total. The normalized spacial score (nSPS) is 22.6. The van der Waals surface area contributed by atoms with Crippen LogP contribution in [0, 0.1) is 23.6 Å². The Balaban J connectivity index is 1.20. The van der Waals surface area contributed by atoms with Crippen LogP contribution in [-0.2, 0) is 15.7 Å². The number of ether oxygens (including phenoxy) is 2. The molecule has 3 aliphatic rings. The lowest BCUT2D eigenvalue weighted by Crippen LogP contribution is -2.48. The Bertz CT molecular complexity index is 1570. The molecule has 6 rings (SSSR count). The summed E-state index contributed by atoms with van der Waals surface area (Å²) in [7, 11) is 1.37. The van der Waals surface area contributed by atoms with Crippen LogP contribution in [0.3, 0.4) is 0 Å². The third-order valence-corrected chi connectivity index (χ3v) is 8.63. The van der Waals surface area contributed by atoms with E-state index in [1.807, 2.05) is 12.1 Å². The molecular weight excluding hydrogens is 598 g/mol. The fraction of sp³-hybridized carbons (Fsp3) is 0.433. The third-order valence-electron chi connectivity index (χ3n) is 8.63. The fourth-order valence-corrected chi connectivity index (χ4v) is 6.55. The second-order valence-corrected chi connectivity index (χ2v) is 11.3. The molecule has 3 fully saturated rings. The third kappa shape index (κ3) is 6.34. The van der Waals surface area contributed by atoms with E-state index in [0.717, 1.165) is 37.8 Å². The lowest BCUT2D eigenvalue weighted by molar-refractivity contribution is -0.140. The largest absolute Gasteiger partial charge is 0.480 e. The van der Waals surface area contributed by atoms with E-state index in [1.165, 1.54) is 13.4 Å². The van der Waals surface area contributed by atoms with Crippen LogP contribution in [0.4, 0.5) is 40.6 Å². The summed E-state index contributed by atoms with van der Waals surface area (Å²) >= 11 is 0. The molecule has 3 aromatic rings. The van der Waals surface area contributed by atoms with Crippen LogP contribution in [0.25, 0.3) is 0 Å². The number of amides is 2. The summed E-state index contributed by atoms with van der Waals surface area (Å²) in [5.74, 6) is -2.40. The number of anilines is 4. The SMILES string of the molecule is COc1ncnc(Nc2ccc(N3CCOCC3)nc2)c1C(=O)N[C@@H]1[C@H]2CC[C@H](C2)[C@@H]1C(=O)Nc1ccc(F)c(C(F)(F)F)c1. The number of nitrogens with zero attached hydrogens (tertiary/aromatic N) is 4. The van der Waals surface area contributed by atoms with Gasteiger partial charge >= 0.3 is 6.18 Å². The summed E-state index contributed by atoms with van der Waals surface area (Å²) in [6.07, 6.45) is 0.148. The van der Waals surface area contributed by atoms with E-state index in [1.54, 1.807) is 6.20 Å². The molecule has 1 aromatic carbocycles. The number of carbonyl (C=O) groups excluding carboxylic acids is 2. The molecule has 2 saturated carbocycles. The van der Waals surface area contributed by atoms with Gasteiger partial charge in [0, 0.05) is 24.8 Å². The van der Waals surface area contributed by atoms with E-state index < -0.39 is 41.3 Å². The number of hydrogen-bond donors (Lipinski definition) is 3. The second-order valence-electron chi connectivity index (χ2n) is 11.3. The van der Waals surface area contributed by atoms with Gasteiger partial charge in [-0.3, -0.25) is 9.59 Å². The highest BCUT2D eigenvalue weighted by Crippen LogP contribution is 2.49. The van der Waals surface area contributed by atoms with Crippen LogP contribution in [0.15, 0.2) is 42.9 Å². The minimum Gasteiger partial charge on any atom is -0.480 e. The Kier molecular flexibility index (Phi) is 8.44. The van der Waals surface area contributed by atoms with Crippen molar-refractivity contribution >= 4 is 34.8 Å². The minimum absolute atomic E-state index is 0.0121. The Morgan fingerprint density at radius 1 is 1.02 bits per heavy atom. The van der Waals surface area contributed by atoms with E-state index in [0.29, 0.717) is 37.5 Å². The molecule has 0 radical (unpaired) electrons. The first kappa shape index (κ1) is 30.5. The quantitative estimate of drug-likeness (QED) is 0.311. The highest BCUT2D eigenvalue weighted by Gasteiger charge is 2.51. The Morgan fingerprint density at radius 3 is 2.49 bits per heavy atom. The van der Waals surface area contributed by atoms with Gasteiger partial charge in [-0.25, -0.2) is 19.3 Å². The average molecular weight is 630 g/mol. The molecule has 1 aliphatic heterocycles. The van der Waals surface area contributed by atoms with Gasteiger partial charge in [0.25, 0.3) is 5.91 Å². The summed E-state index contributed by atoms with van der Waals surface area (Å²) in [6.45, 7) is 2.70. The maximum absolute atomic E-state index is 13.8. The first-order valence-corrected chi connectivity index (χ1v) is 14.6. The number of aromatic nitrogens is 3. The molecule has 2 aliphatic carbocycles. The van der Waals surface area contributed by atoms with Gasteiger partial charge in [-0.15, -0.1) is 0 Å². The Labute approximate surface area is 255 Å². The number of alkyl halides is 3. The van der Waals surface area contributed by atoms with Gasteiger partial charge in [0.15, 0.2) is 5.82 Å². The second kappa shape index (κ2) is 12.5. The molecule has 2 bridgehead atoms. The van der Waals surface area contributed by atoms with Crippen LogP contribution in [0.2, 0.25) is 0 Å². The van der Waals surface area contributed by atoms with Crippen molar-refractivity contribution in [2.75, 3.05) is 48.9 Å². The number of carbonyl (C=O) groups is 2. The standard InChI is InChI=1S/C30H31F4N7O4/c1-44-29-24(26(36-15-37-29)38-19-5-7-22(35-14-19)41-8-10-45-11-9-41)28(43)40-25-17-3-2-16(12-17)23(25)27(42)39-18-4-6-21(31)20(13-18)30(32,33)34/h4-7,13-17,23,25H,2-3,8-12H2,1H3,(H,39,42)(H,40,43)(H,36,37,38)/t16-,17+,23+,25-/m1/s1. The Morgan fingerprint density at radius 2 is 1.78 bits per heavy atom. The van der Waals surface area contributed by atoms with E-state index in [9.17, 15) is 27.2 Å². The van der Waals surface area contributed by atoms with Crippen molar-refractivity contribution in [1.82, 2.24) is 20.3 Å². The number of morpholine rings is 1. The predicted molar refractivity (Wildman–Crippen MR) is 155 cm³/mol. The molecular formula is C30H31F4N7O4. The van der Waals surface area contributed by atoms with Crippen molar-refractivity contribution in [3.05, 3.63) is 59.8 Å². The number of rotatable bonds is 8.